The first-order valence-electron chi connectivity index (χ1n) is 4.02. The summed E-state index contributed by atoms with van der Waals surface area (Å²) in [4.78, 5) is 0. The zero-order chi connectivity index (χ0) is 10.3. The third-order valence-electron chi connectivity index (χ3n) is 1.82. The molecule has 76 valence electrons. The van der Waals surface area contributed by atoms with Crippen molar-refractivity contribution in [2.24, 2.45) is 0 Å². The van der Waals surface area contributed by atoms with Crippen molar-refractivity contribution in [3.05, 3.63) is 23.8 Å². The van der Waals surface area contributed by atoms with E-state index in [4.69, 9.17) is 9.47 Å². The lowest BCUT2D eigenvalue weighted by Crippen LogP contribution is -2.42. The van der Waals surface area contributed by atoms with Crippen molar-refractivity contribution in [1.82, 2.24) is 0 Å². The Bertz CT molecular complexity index is 377. The molecule has 14 heavy (non-hydrogen) atoms. The zero-order valence-electron chi connectivity index (χ0n) is 7.38. The van der Waals surface area contributed by atoms with Crippen molar-refractivity contribution >= 4 is 0 Å². The van der Waals surface area contributed by atoms with Crippen molar-refractivity contribution in [3.63, 3.8) is 0 Å². The van der Waals surface area contributed by atoms with Crippen LogP contribution in [0.5, 0.6) is 11.5 Å². The minimum Gasteiger partial charge on any atom is -0.480 e. The monoisotopic (exact) mass is 202 g/mol. The summed E-state index contributed by atoms with van der Waals surface area (Å²) in [6.45, 7) is 1.07. The Morgan fingerprint density at radius 2 is 1.86 bits per heavy atom. The van der Waals surface area contributed by atoms with Crippen LogP contribution in [0, 0.1) is 11.6 Å². The largest absolute Gasteiger partial charge is 0.480 e. The summed E-state index contributed by atoms with van der Waals surface area (Å²) in [5.41, 5.74) is 0. The van der Waals surface area contributed by atoms with Crippen molar-refractivity contribution in [2.75, 3.05) is 6.61 Å². The second-order valence-electron chi connectivity index (χ2n) is 3.25. The van der Waals surface area contributed by atoms with Crippen LogP contribution in [0.1, 0.15) is 6.92 Å². The summed E-state index contributed by atoms with van der Waals surface area (Å²) < 4.78 is 35.9. The first-order chi connectivity index (χ1) is 6.49. The maximum Gasteiger partial charge on any atom is 0.240 e. The SMILES string of the molecule is C[C@@]1(O)COc2c(F)ccc(F)c2O1. The van der Waals surface area contributed by atoms with Crippen LogP contribution < -0.4 is 9.47 Å². The highest BCUT2D eigenvalue weighted by molar-refractivity contribution is 5.43. The van der Waals surface area contributed by atoms with Gasteiger partial charge in [0.1, 0.15) is 0 Å². The van der Waals surface area contributed by atoms with E-state index in [9.17, 15) is 13.9 Å². The highest BCUT2D eigenvalue weighted by Gasteiger charge is 2.34. The molecule has 1 atom stereocenters. The average Bonchev–Trinajstić information content (AvgIpc) is 2.10. The van der Waals surface area contributed by atoms with E-state index < -0.39 is 17.4 Å². The first kappa shape index (κ1) is 9.21. The molecule has 0 bridgehead atoms. The summed E-state index contributed by atoms with van der Waals surface area (Å²) in [7, 11) is 0. The molecule has 1 aliphatic rings. The van der Waals surface area contributed by atoms with Crippen LogP contribution in [0.4, 0.5) is 8.78 Å². The zero-order valence-corrected chi connectivity index (χ0v) is 7.38. The van der Waals surface area contributed by atoms with Crippen molar-refractivity contribution < 1.29 is 23.4 Å². The lowest BCUT2D eigenvalue weighted by molar-refractivity contribution is -0.162. The van der Waals surface area contributed by atoms with Crippen LogP contribution in [0.15, 0.2) is 12.1 Å². The molecule has 1 aromatic rings. The van der Waals surface area contributed by atoms with Crippen LogP contribution in [0.3, 0.4) is 0 Å². The van der Waals surface area contributed by atoms with Crippen LogP contribution >= 0.6 is 0 Å². The highest BCUT2D eigenvalue weighted by atomic mass is 19.1. The number of hydrogen-bond acceptors (Lipinski definition) is 3. The first-order valence-corrected chi connectivity index (χ1v) is 4.02. The molecule has 0 amide bonds. The van der Waals surface area contributed by atoms with E-state index in [1.54, 1.807) is 0 Å². The van der Waals surface area contributed by atoms with E-state index >= 15 is 0 Å². The molecule has 0 saturated carbocycles. The van der Waals surface area contributed by atoms with Crippen LogP contribution in [-0.2, 0) is 0 Å². The Hall–Kier alpha value is -1.36. The molecule has 1 heterocycles. The average molecular weight is 202 g/mol. The molecule has 0 spiro atoms. The molecule has 0 saturated heterocycles. The Balaban J connectivity index is 2.51. The standard InChI is InChI=1S/C9H8F2O3/c1-9(12)4-13-7-5(10)2-3-6(11)8(7)14-9/h2-3,12H,4H2,1H3/t9-/m0/s1. The summed E-state index contributed by atoms with van der Waals surface area (Å²) >= 11 is 0. The molecule has 1 N–H and O–H groups in total. The molecule has 0 fully saturated rings. The van der Waals surface area contributed by atoms with Crippen molar-refractivity contribution in [1.29, 1.82) is 0 Å². The maximum absolute atomic E-state index is 13.1. The molecule has 3 nitrogen and oxygen atoms in total. The predicted octanol–water partition coefficient (Wildman–Crippen LogP) is 1.44. The molecule has 2 rings (SSSR count). The molecule has 0 aliphatic carbocycles. The van der Waals surface area contributed by atoms with Crippen molar-refractivity contribution in [3.8, 4) is 11.5 Å². The molecule has 0 aromatic heterocycles. The van der Waals surface area contributed by atoms with Gasteiger partial charge in [-0.25, -0.2) is 8.78 Å². The van der Waals surface area contributed by atoms with Gasteiger partial charge in [0.25, 0.3) is 0 Å². The summed E-state index contributed by atoms with van der Waals surface area (Å²) in [6.07, 6.45) is 0. The van der Waals surface area contributed by atoms with Gasteiger partial charge in [-0.1, -0.05) is 0 Å². The fourth-order valence-electron chi connectivity index (χ4n) is 1.20. The van der Waals surface area contributed by atoms with E-state index in [2.05, 4.69) is 0 Å². The Kier molecular flexibility index (Phi) is 1.85. The molecule has 0 radical (unpaired) electrons. The Morgan fingerprint density at radius 1 is 1.29 bits per heavy atom. The normalized spacial score (nSPS) is 24.9. The number of hydrogen-bond donors (Lipinski definition) is 1. The number of fused-ring (bicyclic) bond motifs is 1. The Morgan fingerprint density at radius 3 is 2.50 bits per heavy atom. The number of halogens is 2. The fraction of sp³-hybridized carbons (Fsp3) is 0.333. The number of benzene rings is 1. The number of rotatable bonds is 0. The topological polar surface area (TPSA) is 38.7 Å². The third kappa shape index (κ3) is 1.39. The van der Waals surface area contributed by atoms with Gasteiger partial charge in [-0.15, -0.1) is 0 Å². The van der Waals surface area contributed by atoms with Crippen LogP contribution in [-0.4, -0.2) is 17.5 Å². The van der Waals surface area contributed by atoms with E-state index in [-0.39, 0.29) is 18.1 Å². The summed E-state index contributed by atoms with van der Waals surface area (Å²) in [5, 5.41) is 9.40. The van der Waals surface area contributed by atoms with Gasteiger partial charge < -0.3 is 14.6 Å². The number of aliphatic hydroxyl groups is 1. The van der Waals surface area contributed by atoms with E-state index in [1.165, 1.54) is 6.92 Å². The smallest absolute Gasteiger partial charge is 0.240 e. The van der Waals surface area contributed by atoms with Gasteiger partial charge in [-0.2, -0.15) is 0 Å². The number of ether oxygens (including phenoxy) is 2. The van der Waals surface area contributed by atoms with Gasteiger partial charge in [-0.3, -0.25) is 0 Å². The van der Waals surface area contributed by atoms with E-state index in [0.717, 1.165) is 12.1 Å². The maximum atomic E-state index is 13.1. The van der Waals surface area contributed by atoms with Gasteiger partial charge in [0.2, 0.25) is 17.3 Å². The van der Waals surface area contributed by atoms with Crippen molar-refractivity contribution in [2.45, 2.75) is 12.7 Å². The lowest BCUT2D eigenvalue weighted by atomic mass is 10.2. The molecule has 0 unspecified atom stereocenters. The third-order valence-corrected chi connectivity index (χ3v) is 1.82. The van der Waals surface area contributed by atoms with Gasteiger partial charge in [0, 0.05) is 6.92 Å². The fourth-order valence-corrected chi connectivity index (χ4v) is 1.20. The Labute approximate surface area is 78.9 Å². The molecule has 5 heteroatoms. The minimum absolute atomic E-state index is 0.236. The quantitative estimate of drug-likeness (QED) is 0.691. The molecular weight excluding hydrogens is 194 g/mol. The van der Waals surface area contributed by atoms with E-state index in [0.29, 0.717) is 0 Å². The summed E-state index contributed by atoms with van der Waals surface area (Å²) in [6, 6.07) is 1.86. The molecular formula is C9H8F2O3. The van der Waals surface area contributed by atoms with Crippen LogP contribution in [0.2, 0.25) is 0 Å². The van der Waals surface area contributed by atoms with Gasteiger partial charge >= 0.3 is 0 Å². The summed E-state index contributed by atoms with van der Waals surface area (Å²) in [5.74, 6) is -3.78. The van der Waals surface area contributed by atoms with Gasteiger partial charge in [0.15, 0.2) is 18.2 Å². The predicted molar refractivity (Wildman–Crippen MR) is 43.1 cm³/mol. The van der Waals surface area contributed by atoms with Gasteiger partial charge in [-0.05, 0) is 12.1 Å². The lowest BCUT2D eigenvalue weighted by Gasteiger charge is -2.30. The second-order valence-corrected chi connectivity index (χ2v) is 3.25. The second kappa shape index (κ2) is 2.81. The minimum atomic E-state index is -1.62. The molecule has 1 aromatic carbocycles. The van der Waals surface area contributed by atoms with Gasteiger partial charge in [0.05, 0.1) is 0 Å². The highest BCUT2D eigenvalue weighted by Crippen LogP contribution is 2.38. The van der Waals surface area contributed by atoms with E-state index in [1.807, 2.05) is 0 Å². The van der Waals surface area contributed by atoms with Crippen LogP contribution in [0.25, 0.3) is 0 Å². The molecule has 1 aliphatic heterocycles.